The van der Waals surface area contributed by atoms with Crippen molar-refractivity contribution in [2.75, 3.05) is 0 Å². The molecule has 0 aliphatic rings. The van der Waals surface area contributed by atoms with Gasteiger partial charge in [-0.3, -0.25) is 9.48 Å². The summed E-state index contributed by atoms with van der Waals surface area (Å²) in [7, 11) is 0. The molecule has 3 aromatic rings. The highest BCUT2D eigenvalue weighted by molar-refractivity contribution is 5.76. The number of nitrogens with zero attached hydrogens (tertiary/aromatic N) is 2. The lowest BCUT2D eigenvalue weighted by atomic mass is 10.1. The maximum Gasteiger partial charge on any atom is 0.416 e. The molecule has 0 saturated heterocycles. The molecular weight excluding hydrogens is 362 g/mol. The van der Waals surface area contributed by atoms with Crippen LogP contribution in [0, 0.1) is 5.82 Å². The highest BCUT2D eigenvalue weighted by Crippen LogP contribution is 2.32. The summed E-state index contributed by atoms with van der Waals surface area (Å²) in [5.41, 5.74) is 0.447. The Labute approximate surface area is 152 Å². The second-order valence-electron chi connectivity index (χ2n) is 5.87. The average molecular weight is 377 g/mol. The second-order valence-corrected chi connectivity index (χ2v) is 5.87. The van der Waals surface area contributed by atoms with E-state index in [0.29, 0.717) is 6.07 Å². The van der Waals surface area contributed by atoms with E-state index in [1.54, 1.807) is 12.4 Å². The highest BCUT2D eigenvalue weighted by atomic mass is 19.4. The fourth-order valence-electron chi connectivity index (χ4n) is 2.59. The fourth-order valence-corrected chi connectivity index (χ4v) is 2.59. The summed E-state index contributed by atoms with van der Waals surface area (Å²) in [6.45, 7) is -0.504. The summed E-state index contributed by atoms with van der Waals surface area (Å²) in [5, 5.41) is 6.49. The number of carbonyl (C=O) groups excluding carboxylic acids is 1. The van der Waals surface area contributed by atoms with E-state index < -0.39 is 23.5 Å². The normalized spacial score (nSPS) is 11.4. The minimum absolute atomic E-state index is 0.143. The van der Waals surface area contributed by atoms with Gasteiger partial charge in [0.25, 0.3) is 0 Å². The van der Waals surface area contributed by atoms with Crippen LogP contribution in [0.2, 0.25) is 0 Å². The first-order valence-electron chi connectivity index (χ1n) is 8.03. The lowest BCUT2D eigenvalue weighted by molar-refractivity contribution is -0.138. The van der Waals surface area contributed by atoms with Crippen LogP contribution in [0.5, 0.6) is 0 Å². The van der Waals surface area contributed by atoms with Crippen LogP contribution in [0.3, 0.4) is 0 Å². The minimum Gasteiger partial charge on any atom is -0.350 e. The van der Waals surface area contributed by atoms with Gasteiger partial charge < -0.3 is 5.32 Å². The van der Waals surface area contributed by atoms with Crippen LogP contribution in [0.4, 0.5) is 17.6 Å². The molecule has 0 radical (unpaired) electrons. The van der Waals surface area contributed by atoms with Gasteiger partial charge >= 0.3 is 6.18 Å². The van der Waals surface area contributed by atoms with Crippen LogP contribution < -0.4 is 5.32 Å². The van der Waals surface area contributed by atoms with Crippen molar-refractivity contribution in [3.8, 4) is 11.1 Å². The molecule has 0 unspecified atom stereocenters. The van der Waals surface area contributed by atoms with E-state index in [1.807, 2.05) is 30.3 Å². The van der Waals surface area contributed by atoms with Gasteiger partial charge in [-0.15, -0.1) is 0 Å². The lowest BCUT2D eigenvalue weighted by Crippen LogP contribution is -2.28. The van der Waals surface area contributed by atoms with Gasteiger partial charge in [-0.05, 0) is 23.3 Å². The molecule has 140 valence electrons. The molecule has 0 bridgehead atoms. The summed E-state index contributed by atoms with van der Waals surface area (Å²) in [4.78, 5) is 12.0. The van der Waals surface area contributed by atoms with Crippen LogP contribution in [0.1, 0.15) is 11.1 Å². The molecule has 0 saturated carbocycles. The van der Waals surface area contributed by atoms with Crippen molar-refractivity contribution in [1.29, 1.82) is 0 Å². The van der Waals surface area contributed by atoms with Gasteiger partial charge in [-0.25, -0.2) is 4.39 Å². The predicted molar refractivity (Wildman–Crippen MR) is 90.9 cm³/mol. The third kappa shape index (κ3) is 4.72. The van der Waals surface area contributed by atoms with Crippen LogP contribution in [-0.4, -0.2) is 15.7 Å². The first-order chi connectivity index (χ1) is 12.8. The number of halogens is 4. The quantitative estimate of drug-likeness (QED) is 0.683. The number of nitrogens with one attached hydrogen (secondary N) is 1. The molecule has 1 aromatic heterocycles. The Morgan fingerprint density at radius 1 is 1.07 bits per heavy atom. The summed E-state index contributed by atoms with van der Waals surface area (Å²) >= 11 is 0. The molecular formula is C19H15F4N3O. The van der Waals surface area contributed by atoms with Crippen molar-refractivity contribution in [3.63, 3.8) is 0 Å². The third-order valence-corrected chi connectivity index (χ3v) is 3.90. The molecule has 1 N–H and O–H groups in total. The Kier molecular flexibility index (Phi) is 5.25. The zero-order valence-electron chi connectivity index (χ0n) is 14.0. The molecule has 0 atom stereocenters. The Balaban J connectivity index is 1.64. The molecule has 4 nitrogen and oxygen atoms in total. The monoisotopic (exact) mass is 377 g/mol. The molecule has 0 spiro atoms. The Morgan fingerprint density at radius 2 is 1.81 bits per heavy atom. The summed E-state index contributed by atoms with van der Waals surface area (Å²) in [5.74, 6) is -1.49. The van der Waals surface area contributed by atoms with Crippen LogP contribution in [0.25, 0.3) is 11.1 Å². The maximum atomic E-state index is 13.1. The molecule has 2 aromatic carbocycles. The molecule has 1 heterocycles. The third-order valence-electron chi connectivity index (χ3n) is 3.90. The van der Waals surface area contributed by atoms with E-state index >= 15 is 0 Å². The van der Waals surface area contributed by atoms with E-state index in [0.717, 1.165) is 23.3 Å². The summed E-state index contributed by atoms with van der Waals surface area (Å²) in [6, 6.07) is 11.8. The van der Waals surface area contributed by atoms with Gasteiger partial charge in [0.05, 0.1) is 11.8 Å². The largest absolute Gasteiger partial charge is 0.416 e. The second kappa shape index (κ2) is 7.61. The van der Waals surface area contributed by atoms with Crippen molar-refractivity contribution in [2.24, 2.45) is 0 Å². The molecule has 3 rings (SSSR count). The number of carbonyl (C=O) groups is 1. The molecule has 0 aliphatic heterocycles. The topological polar surface area (TPSA) is 46.9 Å². The Hall–Kier alpha value is -3.16. The van der Waals surface area contributed by atoms with Crippen LogP contribution in [-0.2, 0) is 24.1 Å². The highest BCUT2D eigenvalue weighted by Gasteiger charge is 2.33. The minimum atomic E-state index is -4.70. The van der Waals surface area contributed by atoms with Crippen LogP contribution in [0.15, 0.2) is 60.9 Å². The van der Waals surface area contributed by atoms with Crippen molar-refractivity contribution >= 4 is 5.91 Å². The number of aromatic nitrogens is 2. The van der Waals surface area contributed by atoms with Gasteiger partial charge in [-0.1, -0.05) is 36.4 Å². The van der Waals surface area contributed by atoms with E-state index in [4.69, 9.17) is 0 Å². The fraction of sp³-hybridized carbons (Fsp3) is 0.158. The lowest BCUT2D eigenvalue weighted by Gasteiger charge is -2.13. The van der Waals surface area contributed by atoms with Crippen molar-refractivity contribution < 1.29 is 22.4 Å². The SMILES string of the molecule is O=C(Cn1cc(-c2ccccc2)cn1)NCc1ccc(F)cc1C(F)(F)F. The van der Waals surface area contributed by atoms with Gasteiger partial charge in [0.1, 0.15) is 12.4 Å². The van der Waals surface area contributed by atoms with Crippen molar-refractivity contribution in [3.05, 3.63) is 77.9 Å². The molecule has 1 amide bonds. The number of hydrogen-bond acceptors (Lipinski definition) is 2. The number of amides is 1. The van der Waals surface area contributed by atoms with Gasteiger partial charge in [0.15, 0.2) is 0 Å². The average Bonchev–Trinajstić information content (AvgIpc) is 3.09. The Bertz CT molecular complexity index is 936. The number of rotatable bonds is 5. The molecule has 0 fully saturated rings. The number of benzene rings is 2. The summed E-state index contributed by atoms with van der Waals surface area (Å²) in [6.07, 6.45) is -1.42. The summed E-state index contributed by atoms with van der Waals surface area (Å²) < 4.78 is 53.4. The Morgan fingerprint density at radius 3 is 2.52 bits per heavy atom. The van der Waals surface area contributed by atoms with E-state index in [2.05, 4.69) is 10.4 Å². The molecule has 27 heavy (non-hydrogen) atoms. The van der Waals surface area contributed by atoms with Crippen molar-refractivity contribution in [2.45, 2.75) is 19.3 Å². The number of hydrogen-bond donors (Lipinski definition) is 1. The van der Waals surface area contributed by atoms with Gasteiger partial charge in [-0.2, -0.15) is 18.3 Å². The smallest absolute Gasteiger partial charge is 0.350 e. The number of alkyl halides is 3. The molecule has 0 aliphatic carbocycles. The maximum absolute atomic E-state index is 13.1. The van der Waals surface area contributed by atoms with E-state index in [-0.39, 0.29) is 18.7 Å². The van der Waals surface area contributed by atoms with Gasteiger partial charge in [0, 0.05) is 18.3 Å². The van der Waals surface area contributed by atoms with Crippen LogP contribution >= 0.6 is 0 Å². The first kappa shape index (κ1) is 18.6. The van der Waals surface area contributed by atoms with E-state index in [9.17, 15) is 22.4 Å². The zero-order valence-corrected chi connectivity index (χ0v) is 14.0. The zero-order chi connectivity index (χ0) is 19.4. The van der Waals surface area contributed by atoms with E-state index in [1.165, 1.54) is 4.68 Å². The predicted octanol–water partition coefficient (Wildman–Crippen LogP) is 4.02. The van der Waals surface area contributed by atoms with Gasteiger partial charge in [0.2, 0.25) is 5.91 Å². The first-order valence-corrected chi connectivity index (χ1v) is 8.03. The van der Waals surface area contributed by atoms with Crippen molar-refractivity contribution in [1.82, 2.24) is 15.1 Å². The molecule has 8 heteroatoms. The standard InChI is InChI=1S/C19H15F4N3O/c20-16-7-6-14(17(8-16)19(21,22)23)9-24-18(27)12-26-11-15(10-25-26)13-4-2-1-3-5-13/h1-8,10-11H,9,12H2,(H,24,27).